The van der Waals surface area contributed by atoms with E-state index in [0.29, 0.717) is 37.6 Å². The van der Waals surface area contributed by atoms with E-state index in [0.717, 1.165) is 16.7 Å². The van der Waals surface area contributed by atoms with Gasteiger partial charge >= 0.3 is 12.1 Å². The molecule has 2 aliphatic rings. The van der Waals surface area contributed by atoms with Gasteiger partial charge in [0.2, 0.25) is 0 Å². The number of fused-ring (bicyclic) bond motifs is 1. The third kappa shape index (κ3) is 3.02. The summed E-state index contributed by atoms with van der Waals surface area (Å²) < 4.78 is 10.9. The molecule has 0 unspecified atom stereocenters. The first kappa shape index (κ1) is 18.2. The Morgan fingerprint density at radius 2 is 1.79 bits per heavy atom. The molecular weight excluding hydrogens is 358 g/mol. The number of hydrogen-bond acceptors (Lipinski definition) is 4. The van der Waals surface area contributed by atoms with E-state index in [1.54, 1.807) is 19.1 Å². The number of urea groups is 2. The maximum atomic E-state index is 13.2. The summed E-state index contributed by atoms with van der Waals surface area (Å²) in [5.74, 6) is 1.29. The highest BCUT2D eigenvalue weighted by Gasteiger charge is 2.38. The molecule has 0 saturated carbocycles. The van der Waals surface area contributed by atoms with Crippen LogP contribution in [0.2, 0.25) is 0 Å². The van der Waals surface area contributed by atoms with Crippen LogP contribution in [0.25, 0.3) is 0 Å². The summed E-state index contributed by atoms with van der Waals surface area (Å²) in [5, 5.41) is 2.70. The molecule has 1 saturated heterocycles. The summed E-state index contributed by atoms with van der Waals surface area (Å²) in [6.07, 6.45) is 0.681. The van der Waals surface area contributed by atoms with Crippen LogP contribution in [0, 0.1) is 0 Å². The Kier molecular flexibility index (Phi) is 4.81. The van der Waals surface area contributed by atoms with Crippen molar-refractivity contribution < 1.29 is 19.1 Å². The second kappa shape index (κ2) is 7.42. The maximum Gasteiger partial charge on any atom is 0.329 e. The van der Waals surface area contributed by atoms with Crippen LogP contribution in [0.3, 0.4) is 0 Å². The normalized spacial score (nSPS) is 18.5. The SMILES string of the molecule is COc1cc2c(cc1OC)[C@H](c1ccccc1)N(C(=O)N1CCNC1=O)CC2. The molecule has 1 N–H and O–H groups in total. The highest BCUT2D eigenvalue weighted by atomic mass is 16.5. The number of hydrogen-bond donors (Lipinski definition) is 1. The summed E-state index contributed by atoms with van der Waals surface area (Å²) in [7, 11) is 3.21. The number of imide groups is 1. The standard InChI is InChI=1S/C21H23N3O4/c1-27-17-12-15-8-10-23(21(26)24-11-9-22-20(24)25)19(14-6-4-3-5-7-14)16(15)13-18(17)28-2/h3-7,12-13,19H,8-11H2,1-2H3,(H,22,25)/t19-/m0/s1. The van der Waals surface area contributed by atoms with E-state index >= 15 is 0 Å². The number of ether oxygens (including phenoxy) is 2. The van der Waals surface area contributed by atoms with Gasteiger partial charge in [0, 0.05) is 19.6 Å². The summed E-state index contributed by atoms with van der Waals surface area (Å²) >= 11 is 0. The van der Waals surface area contributed by atoms with Crippen LogP contribution < -0.4 is 14.8 Å². The fourth-order valence-corrected chi connectivity index (χ4v) is 3.96. The van der Waals surface area contributed by atoms with Crippen LogP contribution in [-0.4, -0.2) is 55.7 Å². The first-order valence-electron chi connectivity index (χ1n) is 9.29. The second-order valence-electron chi connectivity index (χ2n) is 6.83. The van der Waals surface area contributed by atoms with E-state index in [2.05, 4.69) is 5.32 Å². The number of carbonyl (C=O) groups excluding carboxylic acids is 2. The summed E-state index contributed by atoms with van der Waals surface area (Å²) in [5.41, 5.74) is 3.09. The van der Waals surface area contributed by atoms with Crippen molar-refractivity contribution in [3.05, 3.63) is 59.2 Å². The van der Waals surface area contributed by atoms with Crippen molar-refractivity contribution >= 4 is 12.1 Å². The predicted molar refractivity (Wildman–Crippen MR) is 104 cm³/mol. The Balaban J connectivity index is 1.81. The van der Waals surface area contributed by atoms with Gasteiger partial charge in [-0.3, -0.25) is 0 Å². The van der Waals surface area contributed by atoms with E-state index < -0.39 is 0 Å². The van der Waals surface area contributed by atoms with Gasteiger partial charge in [0.05, 0.1) is 20.3 Å². The van der Waals surface area contributed by atoms with Gasteiger partial charge in [0.15, 0.2) is 11.5 Å². The average molecular weight is 381 g/mol. The van der Waals surface area contributed by atoms with Crippen molar-refractivity contribution in [2.75, 3.05) is 33.9 Å². The monoisotopic (exact) mass is 381 g/mol. The Morgan fingerprint density at radius 3 is 2.43 bits per heavy atom. The number of carbonyl (C=O) groups is 2. The van der Waals surface area contributed by atoms with Crippen molar-refractivity contribution in [1.82, 2.24) is 15.1 Å². The second-order valence-corrected chi connectivity index (χ2v) is 6.83. The number of nitrogens with one attached hydrogen (secondary N) is 1. The lowest BCUT2D eigenvalue weighted by Gasteiger charge is -2.39. The molecule has 0 bridgehead atoms. The van der Waals surface area contributed by atoms with Crippen molar-refractivity contribution in [1.29, 1.82) is 0 Å². The third-order valence-electron chi connectivity index (χ3n) is 5.32. The molecule has 28 heavy (non-hydrogen) atoms. The molecule has 4 amide bonds. The van der Waals surface area contributed by atoms with Gasteiger partial charge in [0.1, 0.15) is 0 Å². The van der Waals surface area contributed by atoms with E-state index in [4.69, 9.17) is 9.47 Å². The van der Waals surface area contributed by atoms with Crippen molar-refractivity contribution in [2.24, 2.45) is 0 Å². The zero-order valence-electron chi connectivity index (χ0n) is 16.0. The van der Waals surface area contributed by atoms with Gasteiger partial charge in [-0.2, -0.15) is 0 Å². The highest BCUT2D eigenvalue weighted by Crippen LogP contribution is 2.41. The van der Waals surface area contributed by atoms with Crippen molar-refractivity contribution in [3.63, 3.8) is 0 Å². The fraction of sp³-hybridized carbons (Fsp3) is 0.333. The number of amides is 4. The quantitative estimate of drug-likeness (QED) is 0.888. The summed E-state index contributed by atoms with van der Waals surface area (Å²) in [6, 6.07) is 12.9. The molecule has 2 aromatic rings. The minimum absolute atomic E-state index is 0.274. The third-order valence-corrected chi connectivity index (χ3v) is 5.32. The molecular formula is C21H23N3O4. The zero-order chi connectivity index (χ0) is 19.7. The highest BCUT2D eigenvalue weighted by molar-refractivity contribution is 5.95. The number of rotatable bonds is 3. The minimum atomic E-state index is -0.338. The molecule has 2 heterocycles. The van der Waals surface area contributed by atoms with Gasteiger partial charge in [-0.15, -0.1) is 0 Å². The van der Waals surface area contributed by atoms with Crippen LogP contribution in [0.15, 0.2) is 42.5 Å². The minimum Gasteiger partial charge on any atom is -0.493 e. The van der Waals surface area contributed by atoms with Crippen LogP contribution in [0.4, 0.5) is 9.59 Å². The molecule has 2 aliphatic heterocycles. The summed E-state index contributed by atoms with van der Waals surface area (Å²) in [4.78, 5) is 28.3. The topological polar surface area (TPSA) is 71.1 Å². The predicted octanol–water partition coefficient (Wildman–Crippen LogP) is 2.80. The summed E-state index contributed by atoms with van der Waals surface area (Å²) in [6.45, 7) is 1.38. The van der Waals surface area contributed by atoms with E-state index in [1.165, 1.54) is 4.90 Å². The van der Waals surface area contributed by atoms with Crippen LogP contribution in [-0.2, 0) is 6.42 Å². The van der Waals surface area contributed by atoms with Gasteiger partial charge in [-0.1, -0.05) is 30.3 Å². The lowest BCUT2D eigenvalue weighted by molar-refractivity contribution is 0.149. The molecule has 7 heteroatoms. The molecule has 7 nitrogen and oxygen atoms in total. The van der Waals surface area contributed by atoms with E-state index in [9.17, 15) is 9.59 Å². The molecule has 0 spiro atoms. The van der Waals surface area contributed by atoms with Gasteiger partial charge in [-0.25, -0.2) is 14.5 Å². The Labute approximate surface area is 163 Å². The first-order valence-corrected chi connectivity index (χ1v) is 9.29. The maximum absolute atomic E-state index is 13.2. The van der Waals surface area contributed by atoms with Crippen molar-refractivity contribution in [2.45, 2.75) is 12.5 Å². The van der Waals surface area contributed by atoms with Gasteiger partial charge < -0.3 is 19.7 Å². The average Bonchev–Trinajstić information content (AvgIpc) is 3.17. The number of nitrogens with zero attached hydrogens (tertiary/aromatic N) is 2. The molecule has 2 aromatic carbocycles. The Bertz CT molecular complexity index is 900. The Morgan fingerprint density at radius 1 is 1.07 bits per heavy atom. The molecule has 1 fully saturated rings. The van der Waals surface area contributed by atoms with Crippen LogP contribution in [0.5, 0.6) is 11.5 Å². The molecule has 0 aliphatic carbocycles. The Hall–Kier alpha value is -3.22. The van der Waals surface area contributed by atoms with Crippen LogP contribution >= 0.6 is 0 Å². The number of methoxy groups -OCH3 is 2. The van der Waals surface area contributed by atoms with E-state index in [1.807, 2.05) is 42.5 Å². The first-order chi connectivity index (χ1) is 13.6. The molecule has 0 radical (unpaired) electrons. The lowest BCUT2D eigenvalue weighted by atomic mass is 9.88. The van der Waals surface area contributed by atoms with Crippen LogP contribution in [0.1, 0.15) is 22.7 Å². The largest absolute Gasteiger partial charge is 0.493 e. The molecule has 1 atom stereocenters. The van der Waals surface area contributed by atoms with E-state index in [-0.39, 0.29) is 18.1 Å². The number of benzene rings is 2. The zero-order valence-corrected chi connectivity index (χ0v) is 16.0. The molecule has 0 aromatic heterocycles. The molecule has 4 rings (SSSR count). The van der Waals surface area contributed by atoms with Gasteiger partial charge in [-0.05, 0) is 35.2 Å². The molecule has 146 valence electrons. The lowest BCUT2D eigenvalue weighted by Crippen LogP contribution is -2.49. The van der Waals surface area contributed by atoms with Crippen molar-refractivity contribution in [3.8, 4) is 11.5 Å². The smallest absolute Gasteiger partial charge is 0.329 e. The fourth-order valence-electron chi connectivity index (χ4n) is 3.96. The van der Waals surface area contributed by atoms with Gasteiger partial charge in [0.25, 0.3) is 0 Å².